The van der Waals surface area contributed by atoms with E-state index in [1.807, 2.05) is 6.07 Å². The molecule has 0 saturated carbocycles. The molecule has 0 unspecified atom stereocenters. The summed E-state index contributed by atoms with van der Waals surface area (Å²) in [6.07, 6.45) is 0. The Morgan fingerprint density at radius 2 is 1.65 bits per heavy atom. The van der Waals surface area contributed by atoms with Crippen molar-refractivity contribution in [2.75, 3.05) is 14.2 Å². The van der Waals surface area contributed by atoms with Crippen molar-refractivity contribution >= 4 is 11.7 Å². The first-order valence-electron chi connectivity index (χ1n) is 7.75. The van der Waals surface area contributed by atoms with Gasteiger partial charge >= 0.3 is 11.7 Å². The van der Waals surface area contributed by atoms with E-state index in [0.717, 1.165) is 0 Å². The third-order valence-electron chi connectivity index (χ3n) is 3.99. The Morgan fingerprint density at radius 1 is 1.00 bits per heavy atom. The summed E-state index contributed by atoms with van der Waals surface area (Å²) in [6.45, 7) is 0. The van der Waals surface area contributed by atoms with Gasteiger partial charge in [0.25, 0.3) is 0 Å². The van der Waals surface area contributed by atoms with Gasteiger partial charge in [-0.2, -0.15) is 0 Å². The Labute approximate surface area is 149 Å². The zero-order valence-electron chi connectivity index (χ0n) is 14.2. The first-order valence-corrected chi connectivity index (χ1v) is 7.75. The third-order valence-corrected chi connectivity index (χ3v) is 3.99. The molecule has 7 nitrogen and oxygen atoms in total. The fourth-order valence-corrected chi connectivity index (χ4v) is 2.78. The Bertz CT molecular complexity index is 946. The molecule has 26 heavy (non-hydrogen) atoms. The molecule has 0 saturated heterocycles. The molecule has 3 rings (SSSR count). The largest absolute Gasteiger partial charge is 0.497 e. The maximum atomic E-state index is 12.2. The van der Waals surface area contributed by atoms with Gasteiger partial charge in [-0.25, -0.2) is 4.79 Å². The molecule has 0 aliphatic rings. The first kappa shape index (κ1) is 17.2. The van der Waals surface area contributed by atoms with Gasteiger partial charge in [-0.15, -0.1) is 0 Å². The lowest BCUT2D eigenvalue weighted by molar-refractivity contribution is -0.383. The lowest BCUT2D eigenvalue weighted by Gasteiger charge is -2.04. The topological polar surface area (TPSA) is 94.5 Å². The molecule has 1 heterocycles. The second-order valence-electron chi connectivity index (χ2n) is 5.44. The Hall–Kier alpha value is -3.61. The van der Waals surface area contributed by atoms with Gasteiger partial charge in [0.05, 0.1) is 24.7 Å². The minimum Gasteiger partial charge on any atom is -0.497 e. The average molecular weight is 352 g/mol. The van der Waals surface area contributed by atoms with Crippen molar-refractivity contribution in [2.24, 2.45) is 0 Å². The Morgan fingerprint density at radius 3 is 2.19 bits per heavy atom. The smallest absolute Gasteiger partial charge is 0.355 e. The molecule has 0 aliphatic carbocycles. The number of methoxy groups -OCH3 is 2. The highest BCUT2D eigenvalue weighted by molar-refractivity contribution is 6.02. The van der Waals surface area contributed by atoms with Crippen molar-refractivity contribution in [3.63, 3.8) is 0 Å². The lowest BCUT2D eigenvalue weighted by Crippen LogP contribution is -2.03. The molecule has 132 valence electrons. The number of benzene rings is 2. The number of aromatic amines is 1. The second kappa shape index (κ2) is 7.10. The fraction of sp³-hybridized carbons (Fsp3) is 0.105. The normalized spacial score (nSPS) is 10.4. The van der Waals surface area contributed by atoms with E-state index in [-0.39, 0.29) is 22.6 Å². The first-order chi connectivity index (χ1) is 12.6. The van der Waals surface area contributed by atoms with Gasteiger partial charge in [0.15, 0.2) is 0 Å². The van der Waals surface area contributed by atoms with Crippen LogP contribution in [0.5, 0.6) is 5.75 Å². The molecule has 0 aliphatic heterocycles. The number of hydrogen-bond donors (Lipinski definition) is 1. The van der Waals surface area contributed by atoms with Crippen molar-refractivity contribution in [1.82, 2.24) is 4.98 Å². The predicted molar refractivity (Wildman–Crippen MR) is 96.2 cm³/mol. The van der Waals surface area contributed by atoms with E-state index in [1.165, 1.54) is 14.2 Å². The van der Waals surface area contributed by atoms with E-state index in [1.54, 1.807) is 48.5 Å². The quantitative estimate of drug-likeness (QED) is 0.425. The van der Waals surface area contributed by atoms with Gasteiger partial charge in [-0.3, -0.25) is 10.1 Å². The Kier molecular flexibility index (Phi) is 4.70. The van der Waals surface area contributed by atoms with Crippen LogP contribution < -0.4 is 4.74 Å². The minimum atomic E-state index is -0.680. The maximum Gasteiger partial charge on any atom is 0.355 e. The molecule has 0 bridgehead atoms. The van der Waals surface area contributed by atoms with E-state index in [9.17, 15) is 14.9 Å². The van der Waals surface area contributed by atoms with E-state index in [0.29, 0.717) is 16.9 Å². The fourth-order valence-electron chi connectivity index (χ4n) is 2.78. The number of aromatic nitrogens is 1. The third kappa shape index (κ3) is 3.02. The predicted octanol–water partition coefficient (Wildman–Crippen LogP) is 4.05. The summed E-state index contributed by atoms with van der Waals surface area (Å²) < 4.78 is 9.93. The summed E-state index contributed by atoms with van der Waals surface area (Å²) in [5.74, 6) is -0.0732. The SMILES string of the molecule is COC(=O)c1[nH]c(-c2ccccc2)c([N+](=O)[O-])c1-c1ccc(OC)cc1. The summed E-state index contributed by atoms with van der Waals surface area (Å²) in [5, 5.41) is 11.8. The monoisotopic (exact) mass is 352 g/mol. The highest BCUT2D eigenvalue weighted by Crippen LogP contribution is 2.41. The molecule has 0 spiro atoms. The second-order valence-corrected chi connectivity index (χ2v) is 5.44. The number of esters is 1. The van der Waals surface area contributed by atoms with Crippen LogP contribution in [0.3, 0.4) is 0 Å². The molecule has 0 atom stereocenters. The molecule has 0 amide bonds. The zero-order chi connectivity index (χ0) is 18.7. The van der Waals surface area contributed by atoms with Crippen molar-refractivity contribution in [1.29, 1.82) is 0 Å². The van der Waals surface area contributed by atoms with Gasteiger partial charge < -0.3 is 14.5 Å². The number of hydrogen-bond acceptors (Lipinski definition) is 5. The molecular weight excluding hydrogens is 336 g/mol. The number of ether oxygens (including phenoxy) is 2. The van der Waals surface area contributed by atoms with E-state index in [4.69, 9.17) is 9.47 Å². The molecule has 1 N–H and O–H groups in total. The van der Waals surface area contributed by atoms with Crippen molar-refractivity contribution in [2.45, 2.75) is 0 Å². The molecule has 0 radical (unpaired) electrons. The standard InChI is InChI=1S/C19H16N2O5/c1-25-14-10-8-12(9-11-14)15-17(19(22)26-2)20-16(18(15)21(23)24)13-6-4-3-5-7-13/h3-11,20H,1-2H3. The molecular formula is C19H16N2O5. The van der Waals surface area contributed by atoms with Crippen molar-refractivity contribution in [3.8, 4) is 28.1 Å². The van der Waals surface area contributed by atoms with Crippen LogP contribution in [0.1, 0.15) is 10.5 Å². The van der Waals surface area contributed by atoms with Crippen LogP contribution in [-0.4, -0.2) is 30.1 Å². The molecule has 7 heteroatoms. The average Bonchev–Trinajstić information content (AvgIpc) is 3.09. The summed E-state index contributed by atoms with van der Waals surface area (Å²) in [5.41, 5.74) is 1.40. The molecule has 0 fully saturated rings. The van der Waals surface area contributed by atoms with E-state index < -0.39 is 10.9 Å². The number of H-pyrrole nitrogens is 1. The number of rotatable bonds is 5. The molecule has 2 aromatic carbocycles. The number of carbonyl (C=O) groups excluding carboxylic acids is 1. The van der Waals surface area contributed by atoms with Crippen molar-refractivity contribution < 1.29 is 19.2 Å². The van der Waals surface area contributed by atoms with Crippen LogP contribution in [0.15, 0.2) is 54.6 Å². The number of nitrogens with zero attached hydrogens (tertiary/aromatic N) is 1. The highest BCUT2D eigenvalue weighted by Gasteiger charge is 2.32. The lowest BCUT2D eigenvalue weighted by atomic mass is 10.0. The summed E-state index contributed by atoms with van der Waals surface area (Å²) in [7, 11) is 2.76. The number of carbonyl (C=O) groups is 1. The van der Waals surface area contributed by atoms with Gasteiger partial charge in [0.2, 0.25) is 0 Å². The van der Waals surface area contributed by atoms with Crippen molar-refractivity contribution in [3.05, 3.63) is 70.4 Å². The minimum absolute atomic E-state index is 0.0308. The summed E-state index contributed by atoms with van der Waals surface area (Å²) in [4.78, 5) is 26.5. The number of nitro groups is 1. The van der Waals surface area contributed by atoms with E-state index in [2.05, 4.69) is 4.98 Å². The summed E-state index contributed by atoms with van der Waals surface area (Å²) >= 11 is 0. The van der Waals surface area contributed by atoms with Crippen LogP contribution in [0.4, 0.5) is 5.69 Å². The van der Waals surface area contributed by atoms with Gasteiger partial charge in [0, 0.05) is 5.56 Å². The highest BCUT2D eigenvalue weighted by atomic mass is 16.6. The molecule has 1 aromatic heterocycles. The number of nitrogens with one attached hydrogen (secondary N) is 1. The summed E-state index contributed by atoms with van der Waals surface area (Å²) in [6, 6.07) is 15.5. The van der Waals surface area contributed by atoms with Gasteiger partial charge in [-0.05, 0) is 17.7 Å². The van der Waals surface area contributed by atoms with Gasteiger partial charge in [-0.1, -0.05) is 42.5 Å². The van der Waals surface area contributed by atoms with E-state index >= 15 is 0 Å². The van der Waals surface area contributed by atoms with Gasteiger partial charge in [0.1, 0.15) is 17.1 Å². The zero-order valence-corrected chi connectivity index (χ0v) is 14.2. The molecule has 3 aromatic rings. The van der Waals surface area contributed by atoms with Crippen LogP contribution in [-0.2, 0) is 4.74 Å². The van der Waals surface area contributed by atoms with Crippen LogP contribution >= 0.6 is 0 Å². The van der Waals surface area contributed by atoms with Crippen LogP contribution in [0.2, 0.25) is 0 Å². The van der Waals surface area contributed by atoms with Crippen LogP contribution in [0.25, 0.3) is 22.4 Å². The maximum absolute atomic E-state index is 12.2. The van der Waals surface area contributed by atoms with Crippen LogP contribution in [0, 0.1) is 10.1 Å². The Balaban J connectivity index is 2.30.